The normalized spacial score (nSPS) is 21.9. The Morgan fingerprint density at radius 1 is 1.38 bits per heavy atom. The summed E-state index contributed by atoms with van der Waals surface area (Å²) in [6.45, 7) is 11.7. The molecule has 24 heavy (non-hydrogen) atoms. The maximum absolute atomic E-state index is 12.3. The summed E-state index contributed by atoms with van der Waals surface area (Å²) in [5, 5.41) is 0. The highest BCUT2D eigenvalue weighted by molar-refractivity contribution is 5.68. The fourth-order valence-corrected chi connectivity index (χ4v) is 3.37. The second-order valence-electron chi connectivity index (χ2n) is 8.11. The van der Waals surface area contributed by atoms with Gasteiger partial charge in [0.2, 0.25) is 0 Å². The van der Waals surface area contributed by atoms with E-state index in [-0.39, 0.29) is 12.1 Å². The number of amides is 1. The first kappa shape index (κ1) is 18.8. The number of hydrogen-bond acceptors (Lipinski definition) is 3. The summed E-state index contributed by atoms with van der Waals surface area (Å²) in [6.07, 6.45) is 1.79. The van der Waals surface area contributed by atoms with Crippen molar-refractivity contribution >= 4 is 6.09 Å². The van der Waals surface area contributed by atoms with E-state index in [0.29, 0.717) is 6.04 Å². The molecule has 1 heterocycles. The van der Waals surface area contributed by atoms with Crippen LogP contribution in [0.4, 0.5) is 4.79 Å². The number of ether oxygens (including phenoxy) is 1. The lowest BCUT2D eigenvalue weighted by Gasteiger charge is -2.41. The molecule has 1 aromatic rings. The van der Waals surface area contributed by atoms with Crippen molar-refractivity contribution in [2.75, 3.05) is 13.6 Å². The van der Waals surface area contributed by atoms with Crippen molar-refractivity contribution in [3.8, 4) is 0 Å². The number of likely N-dealkylation sites (tertiary alicyclic amines) is 1. The lowest BCUT2D eigenvalue weighted by Crippen LogP contribution is -2.51. The van der Waals surface area contributed by atoms with Crippen LogP contribution in [0, 0.1) is 6.92 Å². The minimum absolute atomic E-state index is 0.185. The number of rotatable bonds is 3. The monoisotopic (exact) mass is 332 g/mol. The molecule has 4 nitrogen and oxygen atoms in total. The summed E-state index contributed by atoms with van der Waals surface area (Å²) in [6, 6.07) is 9.38. The molecular formula is C20H32N2O2. The number of carbonyl (C=O) groups excluding carboxylic acids is 1. The van der Waals surface area contributed by atoms with E-state index < -0.39 is 5.60 Å². The molecule has 0 radical (unpaired) electrons. The zero-order valence-corrected chi connectivity index (χ0v) is 16.0. The van der Waals surface area contributed by atoms with Crippen molar-refractivity contribution in [3.63, 3.8) is 0 Å². The Bertz CT molecular complexity index is 565. The van der Waals surface area contributed by atoms with Crippen molar-refractivity contribution < 1.29 is 9.53 Å². The van der Waals surface area contributed by atoms with Gasteiger partial charge in [-0.3, -0.25) is 4.90 Å². The molecule has 1 aliphatic heterocycles. The maximum Gasteiger partial charge on any atom is 0.410 e. The van der Waals surface area contributed by atoms with Crippen LogP contribution in [-0.2, 0) is 11.3 Å². The lowest BCUT2D eigenvalue weighted by atomic mass is 9.97. The van der Waals surface area contributed by atoms with E-state index in [4.69, 9.17) is 4.74 Å². The van der Waals surface area contributed by atoms with Crippen LogP contribution in [0.25, 0.3) is 0 Å². The van der Waals surface area contributed by atoms with Gasteiger partial charge in [0.1, 0.15) is 5.60 Å². The van der Waals surface area contributed by atoms with Gasteiger partial charge in [-0.05, 0) is 60.1 Å². The van der Waals surface area contributed by atoms with E-state index in [2.05, 4.69) is 50.1 Å². The van der Waals surface area contributed by atoms with E-state index in [9.17, 15) is 4.79 Å². The molecule has 0 N–H and O–H groups in total. The predicted molar refractivity (Wildman–Crippen MR) is 98.1 cm³/mol. The van der Waals surface area contributed by atoms with Crippen LogP contribution in [0.5, 0.6) is 0 Å². The first-order valence-electron chi connectivity index (χ1n) is 8.91. The van der Waals surface area contributed by atoms with E-state index in [1.54, 1.807) is 0 Å². The van der Waals surface area contributed by atoms with Crippen LogP contribution in [0.15, 0.2) is 24.3 Å². The van der Waals surface area contributed by atoms with Crippen LogP contribution in [0.2, 0.25) is 0 Å². The Hall–Kier alpha value is -1.55. The molecule has 1 amide bonds. The van der Waals surface area contributed by atoms with E-state index >= 15 is 0 Å². The SMILES string of the molecule is Cc1cccc(CN(C)[C@H]2CCN(C(=O)OC(C)(C)C)[C@@H](C)C2)c1. The fraction of sp³-hybridized carbons (Fsp3) is 0.650. The number of carbonyl (C=O) groups is 1. The molecule has 2 atom stereocenters. The zero-order chi connectivity index (χ0) is 17.9. The number of nitrogens with zero attached hydrogens (tertiary/aromatic N) is 2. The Labute approximate surface area is 146 Å². The van der Waals surface area contributed by atoms with E-state index in [1.807, 2.05) is 25.7 Å². The second kappa shape index (κ2) is 7.56. The summed E-state index contributed by atoms with van der Waals surface area (Å²) >= 11 is 0. The first-order chi connectivity index (χ1) is 11.2. The Morgan fingerprint density at radius 2 is 2.08 bits per heavy atom. The third kappa shape index (κ3) is 5.23. The largest absolute Gasteiger partial charge is 0.444 e. The summed E-state index contributed by atoms with van der Waals surface area (Å²) in [4.78, 5) is 16.6. The number of aryl methyl sites for hydroxylation is 1. The first-order valence-corrected chi connectivity index (χ1v) is 8.91. The second-order valence-corrected chi connectivity index (χ2v) is 8.11. The van der Waals surface area contributed by atoms with Gasteiger partial charge in [-0.25, -0.2) is 4.79 Å². The topological polar surface area (TPSA) is 32.8 Å². The quantitative estimate of drug-likeness (QED) is 0.831. The van der Waals surface area contributed by atoms with Crippen LogP contribution >= 0.6 is 0 Å². The molecule has 0 bridgehead atoms. The zero-order valence-electron chi connectivity index (χ0n) is 16.0. The van der Waals surface area contributed by atoms with Crippen LogP contribution < -0.4 is 0 Å². The molecule has 0 aliphatic carbocycles. The number of piperidine rings is 1. The van der Waals surface area contributed by atoms with Crippen LogP contribution in [-0.4, -0.2) is 47.2 Å². The summed E-state index contributed by atoms with van der Waals surface area (Å²) < 4.78 is 5.53. The molecule has 134 valence electrons. The molecule has 1 aromatic carbocycles. The third-order valence-electron chi connectivity index (χ3n) is 4.61. The van der Waals surface area contributed by atoms with Crippen LogP contribution in [0.3, 0.4) is 0 Å². The molecular weight excluding hydrogens is 300 g/mol. The van der Waals surface area contributed by atoms with Gasteiger partial charge >= 0.3 is 6.09 Å². The molecule has 4 heteroatoms. The highest BCUT2D eigenvalue weighted by Gasteiger charge is 2.33. The van der Waals surface area contributed by atoms with Gasteiger partial charge in [0.25, 0.3) is 0 Å². The summed E-state index contributed by atoms with van der Waals surface area (Å²) in [5.41, 5.74) is 2.21. The molecule has 2 rings (SSSR count). The molecule has 1 saturated heterocycles. The average molecular weight is 332 g/mol. The third-order valence-corrected chi connectivity index (χ3v) is 4.61. The smallest absolute Gasteiger partial charge is 0.410 e. The minimum Gasteiger partial charge on any atom is -0.444 e. The molecule has 0 unspecified atom stereocenters. The fourth-order valence-electron chi connectivity index (χ4n) is 3.37. The highest BCUT2D eigenvalue weighted by atomic mass is 16.6. The predicted octanol–water partition coefficient (Wildman–Crippen LogP) is 4.21. The van der Waals surface area contributed by atoms with Gasteiger partial charge in [0.15, 0.2) is 0 Å². The lowest BCUT2D eigenvalue weighted by molar-refractivity contribution is 0.00278. The molecule has 0 saturated carbocycles. The standard InChI is InChI=1S/C20H32N2O2/c1-15-8-7-9-17(12-15)14-21(6)18-10-11-22(16(2)13-18)19(23)24-20(3,4)5/h7-9,12,16,18H,10-11,13-14H2,1-6H3/t16-,18-/m0/s1. The summed E-state index contributed by atoms with van der Waals surface area (Å²) in [5.74, 6) is 0. The van der Waals surface area contributed by atoms with Gasteiger partial charge in [-0.2, -0.15) is 0 Å². The highest BCUT2D eigenvalue weighted by Crippen LogP contribution is 2.24. The average Bonchev–Trinajstić information content (AvgIpc) is 2.45. The minimum atomic E-state index is -0.435. The molecule has 0 aromatic heterocycles. The maximum atomic E-state index is 12.3. The number of benzene rings is 1. The van der Waals surface area contributed by atoms with Gasteiger partial charge in [0, 0.05) is 25.2 Å². The molecule has 1 fully saturated rings. The van der Waals surface area contributed by atoms with Crippen molar-refractivity contribution in [1.82, 2.24) is 9.80 Å². The summed E-state index contributed by atoms with van der Waals surface area (Å²) in [7, 11) is 2.18. The Morgan fingerprint density at radius 3 is 2.67 bits per heavy atom. The Kier molecular flexibility index (Phi) is 5.92. The van der Waals surface area contributed by atoms with Crippen molar-refractivity contribution in [3.05, 3.63) is 35.4 Å². The number of hydrogen-bond donors (Lipinski definition) is 0. The van der Waals surface area contributed by atoms with Gasteiger partial charge < -0.3 is 9.64 Å². The van der Waals surface area contributed by atoms with Crippen molar-refractivity contribution in [2.24, 2.45) is 0 Å². The van der Waals surface area contributed by atoms with Gasteiger partial charge in [-0.15, -0.1) is 0 Å². The molecule has 0 spiro atoms. The van der Waals surface area contributed by atoms with Crippen LogP contribution in [0.1, 0.15) is 51.7 Å². The van der Waals surface area contributed by atoms with Crippen molar-refractivity contribution in [2.45, 2.75) is 71.7 Å². The van der Waals surface area contributed by atoms with Gasteiger partial charge in [0.05, 0.1) is 0 Å². The van der Waals surface area contributed by atoms with E-state index in [1.165, 1.54) is 11.1 Å². The van der Waals surface area contributed by atoms with Gasteiger partial charge in [-0.1, -0.05) is 29.8 Å². The van der Waals surface area contributed by atoms with E-state index in [0.717, 1.165) is 25.9 Å². The Balaban J connectivity index is 1.91. The van der Waals surface area contributed by atoms with Crippen molar-refractivity contribution in [1.29, 1.82) is 0 Å². The molecule has 1 aliphatic rings.